The van der Waals surface area contributed by atoms with E-state index in [1.165, 1.54) is 6.08 Å². The van der Waals surface area contributed by atoms with E-state index >= 15 is 0 Å². The van der Waals surface area contributed by atoms with Crippen molar-refractivity contribution in [3.05, 3.63) is 12.2 Å². The van der Waals surface area contributed by atoms with Gasteiger partial charge in [0.05, 0.1) is 12.5 Å². The number of carbonyl (C=O) groups is 2. The van der Waals surface area contributed by atoms with Crippen LogP contribution in [-0.2, 0) is 14.3 Å². The number of allylic oxidation sites excluding steroid dienone is 1. The third-order valence-corrected chi connectivity index (χ3v) is 2.66. The van der Waals surface area contributed by atoms with Crippen LogP contribution in [0, 0.1) is 5.92 Å². The summed E-state index contributed by atoms with van der Waals surface area (Å²) in [4.78, 5) is 24.9. The first-order valence-corrected chi connectivity index (χ1v) is 5.77. The van der Waals surface area contributed by atoms with E-state index in [1.807, 2.05) is 6.92 Å². The maximum absolute atomic E-state index is 11.6. The van der Waals surface area contributed by atoms with Crippen molar-refractivity contribution in [1.82, 2.24) is 4.90 Å². The van der Waals surface area contributed by atoms with Crippen LogP contribution in [0.3, 0.4) is 0 Å². The largest absolute Gasteiger partial charge is 0.466 e. The Kier molecular flexibility index (Phi) is 5.02. The third kappa shape index (κ3) is 3.36. The minimum atomic E-state index is -0.180. The maximum atomic E-state index is 11.6. The number of nitrogens with zero attached hydrogens (tertiary/aromatic N) is 1. The quantitative estimate of drug-likeness (QED) is 0.538. The highest BCUT2D eigenvalue weighted by Gasteiger charge is 2.28. The van der Waals surface area contributed by atoms with Crippen LogP contribution in [0.5, 0.6) is 0 Å². The lowest BCUT2D eigenvalue weighted by Crippen LogP contribution is -2.42. The molecule has 0 radical (unpaired) electrons. The van der Waals surface area contributed by atoms with Gasteiger partial charge in [0.2, 0.25) is 5.91 Å². The Labute approximate surface area is 96.3 Å². The zero-order valence-corrected chi connectivity index (χ0v) is 9.94. The predicted octanol–water partition coefficient (Wildman–Crippen LogP) is 1.36. The highest BCUT2D eigenvalue weighted by Crippen LogP contribution is 2.18. The van der Waals surface area contributed by atoms with Gasteiger partial charge in [0, 0.05) is 13.1 Å². The van der Waals surface area contributed by atoms with E-state index in [2.05, 4.69) is 0 Å². The number of carbonyl (C=O) groups excluding carboxylic acids is 2. The Bertz CT molecular complexity index is 286. The molecular formula is C12H19NO3. The van der Waals surface area contributed by atoms with Crippen molar-refractivity contribution in [1.29, 1.82) is 0 Å². The Morgan fingerprint density at radius 1 is 1.50 bits per heavy atom. The molecule has 0 bridgehead atoms. The number of hydrogen-bond donors (Lipinski definition) is 0. The van der Waals surface area contributed by atoms with Crippen LogP contribution in [0.1, 0.15) is 26.7 Å². The number of piperidine rings is 1. The fourth-order valence-corrected chi connectivity index (χ4v) is 1.88. The first-order valence-electron chi connectivity index (χ1n) is 5.77. The summed E-state index contributed by atoms with van der Waals surface area (Å²) in [6, 6.07) is 0. The number of likely N-dealkylation sites (tertiary alicyclic amines) is 1. The van der Waals surface area contributed by atoms with Crippen molar-refractivity contribution in [2.75, 3.05) is 19.7 Å². The summed E-state index contributed by atoms with van der Waals surface area (Å²) in [6.07, 6.45) is 4.94. The van der Waals surface area contributed by atoms with Crippen LogP contribution in [0.25, 0.3) is 0 Å². The van der Waals surface area contributed by atoms with Crippen LogP contribution in [-0.4, -0.2) is 36.5 Å². The summed E-state index contributed by atoms with van der Waals surface area (Å²) in [5.74, 6) is -0.347. The fourth-order valence-electron chi connectivity index (χ4n) is 1.88. The number of hydrogen-bond acceptors (Lipinski definition) is 3. The maximum Gasteiger partial charge on any atom is 0.310 e. The number of esters is 1. The first-order chi connectivity index (χ1) is 7.69. The molecule has 0 aromatic rings. The molecule has 0 spiro atoms. The molecule has 1 aliphatic rings. The van der Waals surface area contributed by atoms with Gasteiger partial charge in [-0.2, -0.15) is 0 Å². The van der Waals surface area contributed by atoms with Crippen molar-refractivity contribution < 1.29 is 14.3 Å². The molecule has 1 fully saturated rings. The highest BCUT2D eigenvalue weighted by molar-refractivity contribution is 5.88. The molecule has 1 heterocycles. The monoisotopic (exact) mass is 225 g/mol. The van der Waals surface area contributed by atoms with Crippen LogP contribution >= 0.6 is 0 Å². The number of rotatable bonds is 3. The minimum Gasteiger partial charge on any atom is -0.466 e. The molecule has 0 aromatic heterocycles. The predicted molar refractivity (Wildman–Crippen MR) is 60.8 cm³/mol. The van der Waals surface area contributed by atoms with Gasteiger partial charge in [-0.15, -0.1) is 0 Å². The summed E-state index contributed by atoms with van der Waals surface area (Å²) in [7, 11) is 0. The lowest BCUT2D eigenvalue weighted by atomic mass is 9.98. The molecule has 0 aromatic carbocycles. The zero-order chi connectivity index (χ0) is 12.0. The van der Waals surface area contributed by atoms with Gasteiger partial charge in [0.25, 0.3) is 0 Å². The molecule has 90 valence electrons. The SMILES string of the molecule is C/C=C/C(=O)N1CCC[C@H](C(=O)OCC)C1. The van der Waals surface area contributed by atoms with Crippen LogP contribution < -0.4 is 0 Å². The van der Waals surface area contributed by atoms with Gasteiger partial charge in [0.1, 0.15) is 0 Å². The van der Waals surface area contributed by atoms with Crippen molar-refractivity contribution in [3.63, 3.8) is 0 Å². The molecule has 4 heteroatoms. The molecule has 4 nitrogen and oxygen atoms in total. The Balaban J connectivity index is 2.53. The molecule has 1 atom stereocenters. The van der Waals surface area contributed by atoms with E-state index in [4.69, 9.17) is 4.74 Å². The van der Waals surface area contributed by atoms with E-state index < -0.39 is 0 Å². The standard InChI is InChI=1S/C12H19NO3/c1-3-6-11(14)13-8-5-7-10(9-13)12(15)16-4-2/h3,6,10H,4-5,7-9H2,1-2H3/b6-3+/t10-/m0/s1. The molecule has 0 N–H and O–H groups in total. The number of amides is 1. The molecular weight excluding hydrogens is 206 g/mol. The number of ether oxygens (including phenoxy) is 1. The Morgan fingerprint density at radius 3 is 2.88 bits per heavy atom. The van der Waals surface area contributed by atoms with Crippen LogP contribution in [0.4, 0.5) is 0 Å². The Hall–Kier alpha value is -1.32. The molecule has 0 unspecified atom stereocenters. The second-order valence-corrected chi connectivity index (χ2v) is 3.88. The minimum absolute atomic E-state index is 0.0171. The summed E-state index contributed by atoms with van der Waals surface area (Å²) < 4.78 is 4.97. The van der Waals surface area contributed by atoms with Gasteiger partial charge in [-0.3, -0.25) is 9.59 Å². The topological polar surface area (TPSA) is 46.6 Å². The molecule has 1 saturated heterocycles. The summed E-state index contributed by atoms with van der Waals surface area (Å²) >= 11 is 0. The second-order valence-electron chi connectivity index (χ2n) is 3.88. The summed E-state index contributed by atoms with van der Waals surface area (Å²) in [5, 5.41) is 0. The average molecular weight is 225 g/mol. The van der Waals surface area contributed by atoms with Crippen LogP contribution in [0.15, 0.2) is 12.2 Å². The fraction of sp³-hybridized carbons (Fsp3) is 0.667. The van der Waals surface area contributed by atoms with Crippen molar-refractivity contribution in [2.45, 2.75) is 26.7 Å². The smallest absolute Gasteiger partial charge is 0.310 e. The lowest BCUT2D eigenvalue weighted by Gasteiger charge is -2.30. The molecule has 1 aliphatic heterocycles. The van der Waals surface area contributed by atoms with Gasteiger partial charge in [-0.05, 0) is 32.8 Å². The molecule has 16 heavy (non-hydrogen) atoms. The van der Waals surface area contributed by atoms with Gasteiger partial charge >= 0.3 is 5.97 Å². The highest BCUT2D eigenvalue weighted by atomic mass is 16.5. The van der Waals surface area contributed by atoms with Crippen molar-refractivity contribution in [3.8, 4) is 0 Å². The second kappa shape index (κ2) is 6.30. The van der Waals surface area contributed by atoms with E-state index in [0.717, 1.165) is 19.4 Å². The van der Waals surface area contributed by atoms with E-state index in [9.17, 15) is 9.59 Å². The van der Waals surface area contributed by atoms with Gasteiger partial charge < -0.3 is 9.64 Å². The molecule has 1 rings (SSSR count). The molecule has 0 saturated carbocycles. The van der Waals surface area contributed by atoms with E-state index in [1.54, 1.807) is 17.9 Å². The van der Waals surface area contributed by atoms with Gasteiger partial charge in [-0.1, -0.05) is 6.08 Å². The average Bonchev–Trinajstić information content (AvgIpc) is 2.30. The summed E-state index contributed by atoms with van der Waals surface area (Å²) in [5.41, 5.74) is 0. The van der Waals surface area contributed by atoms with E-state index in [-0.39, 0.29) is 17.8 Å². The lowest BCUT2D eigenvalue weighted by molar-refractivity contribution is -0.150. The van der Waals surface area contributed by atoms with Gasteiger partial charge in [-0.25, -0.2) is 0 Å². The zero-order valence-electron chi connectivity index (χ0n) is 9.94. The van der Waals surface area contributed by atoms with Crippen molar-refractivity contribution in [2.24, 2.45) is 5.92 Å². The molecule has 0 aliphatic carbocycles. The normalized spacial score (nSPS) is 21.1. The van der Waals surface area contributed by atoms with Crippen LogP contribution in [0.2, 0.25) is 0 Å². The Morgan fingerprint density at radius 2 is 2.25 bits per heavy atom. The van der Waals surface area contributed by atoms with Crippen molar-refractivity contribution >= 4 is 11.9 Å². The summed E-state index contributed by atoms with van der Waals surface area (Å²) in [6.45, 7) is 5.23. The third-order valence-electron chi connectivity index (χ3n) is 2.66. The first kappa shape index (κ1) is 12.7. The molecule has 1 amide bonds. The van der Waals surface area contributed by atoms with Gasteiger partial charge in [0.15, 0.2) is 0 Å². The van der Waals surface area contributed by atoms with E-state index in [0.29, 0.717) is 13.2 Å².